The number of carbonyl (C=O) groups excluding carboxylic acids is 1. The van der Waals surface area contributed by atoms with Crippen molar-refractivity contribution < 1.29 is 19.7 Å². The summed E-state index contributed by atoms with van der Waals surface area (Å²) in [5.74, 6) is 1.70. The van der Waals surface area contributed by atoms with E-state index in [2.05, 4.69) is 14.9 Å². The second-order valence-electron chi connectivity index (χ2n) is 8.46. The van der Waals surface area contributed by atoms with E-state index in [9.17, 15) is 15.0 Å². The molecule has 1 aliphatic rings. The number of aliphatic hydroxyl groups excluding tert-OH is 2. The molecule has 2 N–H and O–H groups in total. The van der Waals surface area contributed by atoms with Crippen LogP contribution in [0.2, 0.25) is 5.02 Å². The fourth-order valence-corrected chi connectivity index (χ4v) is 4.15. The lowest BCUT2D eigenvalue weighted by atomic mass is 9.92. The van der Waals surface area contributed by atoms with Gasteiger partial charge in [0.1, 0.15) is 5.75 Å². The summed E-state index contributed by atoms with van der Waals surface area (Å²) in [6.07, 6.45) is 7.74. The molecule has 3 rings (SSSR count). The second-order valence-corrected chi connectivity index (χ2v) is 8.89. The third-order valence-electron chi connectivity index (χ3n) is 6.02. The van der Waals surface area contributed by atoms with E-state index in [1.165, 1.54) is 0 Å². The molecule has 0 spiro atoms. The summed E-state index contributed by atoms with van der Waals surface area (Å²) in [4.78, 5) is 23.2. The van der Waals surface area contributed by atoms with Gasteiger partial charge in [0.15, 0.2) is 5.78 Å². The summed E-state index contributed by atoms with van der Waals surface area (Å²) in [6, 6.07) is 5.47. The van der Waals surface area contributed by atoms with E-state index in [0.717, 1.165) is 56.0 Å². The Morgan fingerprint density at radius 2 is 1.91 bits per heavy atom. The molecule has 1 saturated heterocycles. The van der Waals surface area contributed by atoms with Crippen LogP contribution < -0.4 is 9.64 Å². The number of Topliss-reactive ketones (excluding diaryl/α,β-unsaturated/α-hetero) is 1. The van der Waals surface area contributed by atoms with Gasteiger partial charge < -0.3 is 19.8 Å². The van der Waals surface area contributed by atoms with E-state index in [1.807, 2.05) is 19.1 Å². The normalized spacial score (nSPS) is 14.7. The molecular formula is C24H32ClN3O4. The Morgan fingerprint density at radius 3 is 2.53 bits per heavy atom. The molecule has 1 aliphatic heterocycles. The lowest BCUT2D eigenvalue weighted by Crippen LogP contribution is -2.34. The first-order valence-corrected chi connectivity index (χ1v) is 11.6. The monoisotopic (exact) mass is 461 g/mol. The van der Waals surface area contributed by atoms with Gasteiger partial charge in [0.2, 0.25) is 5.95 Å². The van der Waals surface area contributed by atoms with E-state index >= 15 is 0 Å². The summed E-state index contributed by atoms with van der Waals surface area (Å²) >= 11 is 5.86. The summed E-state index contributed by atoms with van der Waals surface area (Å²) in [7, 11) is 0. The first-order valence-electron chi connectivity index (χ1n) is 11.2. The highest BCUT2D eigenvalue weighted by Crippen LogP contribution is 2.25. The first-order chi connectivity index (χ1) is 15.5. The molecule has 0 atom stereocenters. The molecule has 7 nitrogen and oxygen atoms in total. The number of piperidine rings is 1. The van der Waals surface area contributed by atoms with Crippen LogP contribution in [-0.2, 0) is 0 Å². The Morgan fingerprint density at radius 1 is 1.22 bits per heavy atom. The molecule has 2 heterocycles. The predicted octanol–water partition coefficient (Wildman–Crippen LogP) is 3.69. The SMILES string of the molecule is Cc1cc(OCCCC2CCN(c3ncc(Cl)cn3)CC2)ccc1C(=O)CC(CO)CO. The molecule has 2 aromatic rings. The van der Waals surface area contributed by atoms with Gasteiger partial charge in [-0.25, -0.2) is 9.97 Å². The van der Waals surface area contributed by atoms with Gasteiger partial charge in [0.05, 0.1) is 24.0 Å². The highest BCUT2D eigenvalue weighted by atomic mass is 35.5. The van der Waals surface area contributed by atoms with Gasteiger partial charge in [-0.2, -0.15) is 0 Å². The highest BCUT2D eigenvalue weighted by molar-refractivity contribution is 6.30. The van der Waals surface area contributed by atoms with Gasteiger partial charge in [0.25, 0.3) is 0 Å². The average Bonchev–Trinajstić information content (AvgIpc) is 2.81. The number of aryl methyl sites for hydroxylation is 1. The third kappa shape index (κ3) is 6.89. The van der Waals surface area contributed by atoms with E-state index in [-0.39, 0.29) is 25.4 Å². The number of ether oxygens (including phenoxy) is 1. The van der Waals surface area contributed by atoms with Crippen molar-refractivity contribution >= 4 is 23.3 Å². The molecule has 1 aromatic heterocycles. The number of benzene rings is 1. The van der Waals surface area contributed by atoms with Gasteiger partial charge in [-0.05, 0) is 62.3 Å². The van der Waals surface area contributed by atoms with Crippen LogP contribution in [0.4, 0.5) is 5.95 Å². The van der Waals surface area contributed by atoms with Crippen molar-refractivity contribution in [1.82, 2.24) is 9.97 Å². The fraction of sp³-hybridized carbons (Fsp3) is 0.542. The molecule has 0 bridgehead atoms. The van der Waals surface area contributed by atoms with Gasteiger partial charge in [0, 0.05) is 44.2 Å². The number of ketones is 1. The van der Waals surface area contributed by atoms with Crippen LogP contribution in [0.25, 0.3) is 0 Å². The number of hydrogen-bond donors (Lipinski definition) is 2. The van der Waals surface area contributed by atoms with E-state index in [4.69, 9.17) is 16.3 Å². The van der Waals surface area contributed by atoms with Crippen LogP contribution in [0.1, 0.15) is 48.0 Å². The average molecular weight is 462 g/mol. The minimum Gasteiger partial charge on any atom is -0.494 e. The zero-order chi connectivity index (χ0) is 22.9. The maximum atomic E-state index is 12.4. The maximum absolute atomic E-state index is 12.4. The summed E-state index contributed by atoms with van der Waals surface area (Å²) in [6.45, 7) is 4.03. The van der Waals surface area contributed by atoms with Crippen LogP contribution in [-0.4, -0.2) is 58.9 Å². The molecule has 1 aromatic carbocycles. The number of hydrogen-bond acceptors (Lipinski definition) is 7. The number of rotatable bonds is 11. The lowest BCUT2D eigenvalue weighted by Gasteiger charge is -2.31. The van der Waals surface area contributed by atoms with Crippen molar-refractivity contribution in [1.29, 1.82) is 0 Å². The molecule has 0 radical (unpaired) electrons. The quantitative estimate of drug-likeness (QED) is 0.389. The molecule has 8 heteroatoms. The third-order valence-corrected chi connectivity index (χ3v) is 6.21. The Kier molecular flexibility index (Phi) is 9.26. The summed E-state index contributed by atoms with van der Waals surface area (Å²) in [5, 5.41) is 18.9. The van der Waals surface area contributed by atoms with Crippen molar-refractivity contribution in [2.24, 2.45) is 11.8 Å². The summed E-state index contributed by atoms with van der Waals surface area (Å²) in [5.41, 5.74) is 1.46. The number of anilines is 1. The van der Waals surface area contributed by atoms with Crippen LogP contribution in [0.15, 0.2) is 30.6 Å². The summed E-state index contributed by atoms with van der Waals surface area (Å²) < 4.78 is 5.90. The van der Waals surface area contributed by atoms with Crippen molar-refractivity contribution in [2.75, 3.05) is 37.8 Å². The van der Waals surface area contributed by atoms with E-state index in [0.29, 0.717) is 23.1 Å². The Hall–Kier alpha value is -2.22. The number of aliphatic hydroxyl groups is 2. The number of halogens is 1. The molecule has 0 amide bonds. The molecule has 0 unspecified atom stereocenters. The van der Waals surface area contributed by atoms with Gasteiger partial charge in [-0.1, -0.05) is 11.6 Å². The van der Waals surface area contributed by atoms with E-state index in [1.54, 1.807) is 18.5 Å². The smallest absolute Gasteiger partial charge is 0.225 e. The highest BCUT2D eigenvalue weighted by Gasteiger charge is 2.21. The number of carbonyl (C=O) groups is 1. The zero-order valence-electron chi connectivity index (χ0n) is 18.5. The minimum absolute atomic E-state index is 0.0718. The standard InChI is InChI=1S/C24H32ClN3O4/c1-17-11-21(4-5-22(17)23(31)12-19(15-29)16-30)32-10-2-3-18-6-8-28(9-7-18)24-26-13-20(25)14-27-24/h4-5,11,13-14,18-19,29-30H,2-3,6-10,12,15-16H2,1H3. The topological polar surface area (TPSA) is 95.8 Å². The maximum Gasteiger partial charge on any atom is 0.225 e. The Labute approximate surface area is 194 Å². The van der Waals surface area contributed by atoms with Crippen molar-refractivity contribution in [3.8, 4) is 5.75 Å². The van der Waals surface area contributed by atoms with Gasteiger partial charge >= 0.3 is 0 Å². The number of aromatic nitrogens is 2. The molecule has 0 aliphatic carbocycles. The number of nitrogens with zero attached hydrogens (tertiary/aromatic N) is 3. The van der Waals surface area contributed by atoms with Crippen LogP contribution in [0.5, 0.6) is 5.75 Å². The first kappa shape index (κ1) is 24.4. The predicted molar refractivity (Wildman–Crippen MR) is 124 cm³/mol. The zero-order valence-corrected chi connectivity index (χ0v) is 19.3. The largest absolute Gasteiger partial charge is 0.494 e. The molecule has 0 saturated carbocycles. The van der Waals surface area contributed by atoms with Crippen LogP contribution in [0.3, 0.4) is 0 Å². The molecular weight excluding hydrogens is 430 g/mol. The Bertz CT molecular complexity index is 866. The van der Waals surface area contributed by atoms with Crippen molar-refractivity contribution in [3.63, 3.8) is 0 Å². The van der Waals surface area contributed by atoms with E-state index < -0.39 is 5.92 Å². The second kappa shape index (κ2) is 12.1. The van der Waals surface area contributed by atoms with Crippen molar-refractivity contribution in [3.05, 3.63) is 46.7 Å². The van der Waals surface area contributed by atoms with Gasteiger partial charge in [-0.15, -0.1) is 0 Å². The van der Waals surface area contributed by atoms with Crippen LogP contribution >= 0.6 is 11.6 Å². The molecule has 32 heavy (non-hydrogen) atoms. The molecule has 1 fully saturated rings. The van der Waals surface area contributed by atoms with Crippen LogP contribution in [0, 0.1) is 18.8 Å². The fourth-order valence-electron chi connectivity index (χ4n) is 4.05. The van der Waals surface area contributed by atoms with Crippen molar-refractivity contribution in [2.45, 2.75) is 39.0 Å². The Balaban J connectivity index is 1.38. The van der Waals surface area contributed by atoms with Gasteiger partial charge in [-0.3, -0.25) is 4.79 Å². The molecule has 174 valence electrons. The minimum atomic E-state index is -0.414. The lowest BCUT2D eigenvalue weighted by molar-refractivity contribution is 0.0878.